The van der Waals surface area contributed by atoms with E-state index in [2.05, 4.69) is 27.7 Å². The third-order valence-corrected chi connectivity index (χ3v) is 6.21. The predicted molar refractivity (Wildman–Crippen MR) is 115 cm³/mol. The zero-order valence-electron chi connectivity index (χ0n) is 18.0. The van der Waals surface area contributed by atoms with Crippen LogP contribution in [0.15, 0.2) is 24.7 Å². The highest BCUT2D eigenvalue weighted by atomic mass is 16.5. The molecule has 1 atom stereocenters. The van der Waals surface area contributed by atoms with Gasteiger partial charge < -0.3 is 14.8 Å². The highest BCUT2D eigenvalue weighted by molar-refractivity contribution is 5.82. The van der Waals surface area contributed by atoms with Crippen molar-refractivity contribution in [1.82, 2.24) is 24.4 Å². The molecule has 1 aliphatic heterocycles. The number of carbonyl (C=O) groups is 1. The average Bonchev–Trinajstić information content (AvgIpc) is 3.32. The van der Waals surface area contributed by atoms with Gasteiger partial charge in [-0.1, -0.05) is 0 Å². The number of fused-ring (bicyclic) bond motifs is 1. The molecule has 2 fully saturated rings. The number of hydrogen-bond donors (Lipinski definition) is 1. The van der Waals surface area contributed by atoms with Crippen molar-refractivity contribution >= 4 is 17.2 Å². The third kappa shape index (κ3) is 3.95. The summed E-state index contributed by atoms with van der Waals surface area (Å²) in [6, 6.07) is 2.60. The molecular formula is C22H28N6O3. The predicted octanol–water partition coefficient (Wildman–Crippen LogP) is 2.84. The van der Waals surface area contributed by atoms with E-state index in [0.717, 1.165) is 35.2 Å². The van der Waals surface area contributed by atoms with E-state index >= 15 is 0 Å². The van der Waals surface area contributed by atoms with Gasteiger partial charge in [-0.15, -0.1) is 5.10 Å². The molecule has 3 aromatic heterocycles. The van der Waals surface area contributed by atoms with E-state index in [0.29, 0.717) is 56.4 Å². The molecule has 4 heterocycles. The van der Waals surface area contributed by atoms with Crippen LogP contribution in [0.4, 0.5) is 5.95 Å². The van der Waals surface area contributed by atoms with Crippen molar-refractivity contribution in [2.24, 2.45) is 0 Å². The number of carbonyl (C=O) groups excluding carboxylic acids is 1. The lowest BCUT2D eigenvalue weighted by Crippen LogP contribution is -2.30. The van der Waals surface area contributed by atoms with Crippen LogP contribution < -0.4 is 5.32 Å². The number of Topliss-reactive ketones (excluding diaryl/α,β-unsaturated/α-hetero) is 1. The van der Waals surface area contributed by atoms with Gasteiger partial charge in [-0.3, -0.25) is 9.48 Å². The van der Waals surface area contributed by atoms with Crippen molar-refractivity contribution in [2.45, 2.75) is 50.6 Å². The topological polar surface area (TPSA) is 95.6 Å². The first-order chi connectivity index (χ1) is 15.1. The first-order valence-electron chi connectivity index (χ1n) is 10.9. The molecule has 1 saturated carbocycles. The van der Waals surface area contributed by atoms with Crippen molar-refractivity contribution in [3.8, 4) is 11.1 Å². The number of methoxy groups -OCH3 is 1. The number of hydrogen-bond acceptors (Lipinski definition) is 7. The summed E-state index contributed by atoms with van der Waals surface area (Å²) in [5.41, 5.74) is 4.18. The van der Waals surface area contributed by atoms with Crippen LogP contribution in [-0.2, 0) is 14.3 Å². The van der Waals surface area contributed by atoms with Gasteiger partial charge in [0.25, 0.3) is 0 Å². The van der Waals surface area contributed by atoms with Gasteiger partial charge in [-0.25, -0.2) is 9.50 Å². The molecule has 1 aliphatic carbocycles. The molecule has 1 N–H and O–H groups in total. The Kier molecular flexibility index (Phi) is 5.45. The highest BCUT2D eigenvalue weighted by Gasteiger charge is 2.26. The quantitative estimate of drug-likeness (QED) is 0.623. The van der Waals surface area contributed by atoms with E-state index in [9.17, 15) is 4.79 Å². The monoisotopic (exact) mass is 424 g/mol. The summed E-state index contributed by atoms with van der Waals surface area (Å²) in [4.78, 5) is 16.3. The number of ketones is 1. The first kappa shape index (κ1) is 20.1. The fourth-order valence-corrected chi connectivity index (χ4v) is 4.40. The molecule has 0 amide bonds. The minimum Gasteiger partial charge on any atom is -0.383 e. The van der Waals surface area contributed by atoms with Crippen LogP contribution in [0, 0.1) is 0 Å². The Balaban J connectivity index is 1.53. The van der Waals surface area contributed by atoms with Crippen LogP contribution >= 0.6 is 0 Å². The number of nitrogens with zero attached hydrogens (tertiary/aromatic N) is 5. The molecule has 2 aliphatic rings. The Bertz CT molecular complexity index is 1080. The minimum absolute atomic E-state index is 0.0937. The maximum atomic E-state index is 11.8. The Labute approximate surface area is 180 Å². The first-order valence-corrected chi connectivity index (χ1v) is 10.9. The Morgan fingerprint density at radius 2 is 2.10 bits per heavy atom. The molecular weight excluding hydrogens is 396 g/mol. The minimum atomic E-state index is 0.0937. The molecule has 1 saturated heterocycles. The lowest BCUT2D eigenvalue weighted by atomic mass is 9.86. The fraction of sp³-hybridized carbons (Fsp3) is 0.545. The second kappa shape index (κ2) is 8.39. The van der Waals surface area contributed by atoms with Gasteiger partial charge in [0.1, 0.15) is 5.78 Å². The molecule has 0 aromatic carbocycles. The van der Waals surface area contributed by atoms with Crippen molar-refractivity contribution < 1.29 is 14.3 Å². The largest absolute Gasteiger partial charge is 0.383 e. The van der Waals surface area contributed by atoms with Crippen LogP contribution in [0.3, 0.4) is 0 Å². The van der Waals surface area contributed by atoms with E-state index < -0.39 is 0 Å². The zero-order valence-corrected chi connectivity index (χ0v) is 18.0. The van der Waals surface area contributed by atoms with Crippen molar-refractivity contribution in [3.63, 3.8) is 0 Å². The Hall–Kier alpha value is -2.78. The molecule has 164 valence electrons. The number of nitrogens with one attached hydrogen (secondary N) is 1. The molecule has 5 rings (SSSR count). The van der Waals surface area contributed by atoms with Crippen molar-refractivity contribution in [2.75, 3.05) is 32.2 Å². The van der Waals surface area contributed by atoms with E-state index in [1.807, 2.05) is 28.5 Å². The normalized spacial score (nSPS) is 19.0. The summed E-state index contributed by atoms with van der Waals surface area (Å²) < 4.78 is 14.5. The highest BCUT2D eigenvalue weighted by Crippen LogP contribution is 2.37. The van der Waals surface area contributed by atoms with Gasteiger partial charge in [-0.05, 0) is 25.8 Å². The summed E-state index contributed by atoms with van der Waals surface area (Å²) in [7, 11) is 1.68. The van der Waals surface area contributed by atoms with Gasteiger partial charge in [0.2, 0.25) is 5.95 Å². The molecule has 31 heavy (non-hydrogen) atoms. The number of rotatable bonds is 7. The number of anilines is 1. The van der Waals surface area contributed by atoms with Crippen LogP contribution in [0.5, 0.6) is 0 Å². The number of aromatic nitrogens is 5. The smallest absolute Gasteiger partial charge is 0.241 e. The maximum absolute atomic E-state index is 11.8. The van der Waals surface area contributed by atoms with Crippen molar-refractivity contribution in [3.05, 3.63) is 30.4 Å². The second-order valence-corrected chi connectivity index (χ2v) is 8.58. The summed E-state index contributed by atoms with van der Waals surface area (Å²) in [6.45, 7) is 4.01. The van der Waals surface area contributed by atoms with E-state index in [1.165, 1.54) is 0 Å². The van der Waals surface area contributed by atoms with Crippen molar-refractivity contribution in [1.29, 1.82) is 0 Å². The van der Waals surface area contributed by atoms with Crippen LogP contribution in [0.25, 0.3) is 16.6 Å². The van der Waals surface area contributed by atoms with Gasteiger partial charge >= 0.3 is 0 Å². The standard InChI is InChI=1S/C22H28N6O3/c1-14(11-30-2)25-22-23-9-21-19(16-8-24-27(10-16)17-12-31-13-17)7-20(28(21)26-22)15-3-5-18(29)6-4-15/h7-10,14-15,17H,3-6,11-13H2,1-2H3,(H,25,26)/t14-/m0/s1. The summed E-state index contributed by atoms with van der Waals surface area (Å²) in [5, 5.41) is 12.7. The number of ether oxygens (including phenoxy) is 2. The summed E-state index contributed by atoms with van der Waals surface area (Å²) >= 11 is 0. The Morgan fingerprint density at radius 1 is 1.29 bits per heavy atom. The van der Waals surface area contributed by atoms with Crippen LogP contribution in [0.1, 0.15) is 50.3 Å². The SMILES string of the molecule is COC[C@H](C)Nc1ncc2c(-c3cnn(C4COC4)c3)cc(C3CCC(=O)CC3)n2n1. The average molecular weight is 425 g/mol. The van der Waals surface area contributed by atoms with E-state index in [1.54, 1.807) is 7.11 Å². The van der Waals surface area contributed by atoms with Crippen LogP contribution in [-0.4, -0.2) is 63.1 Å². The van der Waals surface area contributed by atoms with Gasteiger partial charge in [0, 0.05) is 54.9 Å². The molecule has 0 radical (unpaired) electrons. The Morgan fingerprint density at radius 3 is 2.81 bits per heavy atom. The molecule has 3 aromatic rings. The molecule has 0 bridgehead atoms. The lowest BCUT2D eigenvalue weighted by molar-refractivity contribution is -0.120. The van der Waals surface area contributed by atoms with E-state index in [-0.39, 0.29) is 6.04 Å². The van der Waals surface area contributed by atoms with E-state index in [4.69, 9.17) is 14.6 Å². The molecule has 0 spiro atoms. The lowest BCUT2D eigenvalue weighted by Gasteiger charge is -2.25. The molecule has 0 unspecified atom stereocenters. The van der Waals surface area contributed by atoms with Gasteiger partial charge in [0.05, 0.1) is 43.8 Å². The summed E-state index contributed by atoms with van der Waals surface area (Å²) in [6.07, 6.45) is 8.82. The maximum Gasteiger partial charge on any atom is 0.241 e. The second-order valence-electron chi connectivity index (χ2n) is 8.58. The van der Waals surface area contributed by atoms with Gasteiger partial charge in [0.15, 0.2) is 0 Å². The van der Waals surface area contributed by atoms with Crippen LogP contribution in [0.2, 0.25) is 0 Å². The van der Waals surface area contributed by atoms with Gasteiger partial charge in [-0.2, -0.15) is 5.10 Å². The zero-order chi connectivity index (χ0) is 21.4. The third-order valence-electron chi connectivity index (χ3n) is 6.21. The molecule has 9 heteroatoms. The molecule has 9 nitrogen and oxygen atoms in total. The summed E-state index contributed by atoms with van der Waals surface area (Å²) in [5.74, 6) is 1.22. The fourth-order valence-electron chi connectivity index (χ4n) is 4.40.